The Morgan fingerprint density at radius 1 is 1.05 bits per heavy atom. The van der Waals surface area contributed by atoms with Gasteiger partial charge in [0.1, 0.15) is 12.4 Å². The predicted molar refractivity (Wildman–Crippen MR) is 157 cm³/mol. The van der Waals surface area contributed by atoms with Crippen LogP contribution in [-0.2, 0) is 22.6 Å². The molecule has 10 heteroatoms. The normalized spacial score (nSPS) is 16.1. The molecule has 1 N–H and O–H groups in total. The zero-order chi connectivity index (χ0) is 27.2. The minimum absolute atomic E-state index is 0.0751. The first kappa shape index (κ1) is 27.7. The molecule has 1 aliphatic rings. The van der Waals surface area contributed by atoms with Crippen LogP contribution < -0.4 is 9.64 Å². The van der Waals surface area contributed by atoms with E-state index in [9.17, 15) is 4.79 Å². The fraction of sp³-hybridized carbons (Fsp3) is 0.310. The minimum atomic E-state index is -0.893. The van der Waals surface area contributed by atoms with E-state index in [2.05, 4.69) is 21.9 Å². The Morgan fingerprint density at radius 3 is 2.72 bits per heavy atom. The molecule has 0 aliphatic carbocycles. The minimum Gasteiger partial charge on any atom is -0.491 e. The van der Waals surface area contributed by atoms with E-state index in [-0.39, 0.29) is 12.5 Å². The van der Waals surface area contributed by atoms with Gasteiger partial charge < -0.3 is 19.5 Å². The number of fused-ring (bicyclic) bond motifs is 1. The highest BCUT2D eigenvalue weighted by Gasteiger charge is 2.29. The van der Waals surface area contributed by atoms with Crippen LogP contribution in [0.5, 0.6) is 5.75 Å². The maximum atomic E-state index is 11.1. The molecule has 3 aromatic carbocycles. The molecule has 0 saturated carbocycles. The van der Waals surface area contributed by atoms with Gasteiger partial charge in [0.05, 0.1) is 40.9 Å². The first-order chi connectivity index (χ1) is 18.9. The van der Waals surface area contributed by atoms with Gasteiger partial charge in [-0.15, -0.1) is 0 Å². The molecule has 1 unspecified atom stereocenters. The largest absolute Gasteiger partial charge is 0.491 e. The maximum absolute atomic E-state index is 11.1. The van der Waals surface area contributed by atoms with Crippen LogP contribution in [0.25, 0.3) is 10.2 Å². The third-order valence-corrected chi connectivity index (χ3v) is 8.25. The van der Waals surface area contributed by atoms with Gasteiger partial charge >= 0.3 is 5.97 Å². The summed E-state index contributed by atoms with van der Waals surface area (Å²) >= 11 is 14.2. The van der Waals surface area contributed by atoms with Gasteiger partial charge in [0.25, 0.3) is 0 Å². The molecular weight excluding hydrogens is 557 g/mol. The zero-order valence-corrected chi connectivity index (χ0v) is 23.6. The standard InChI is InChI=1S/C29H29Cl2N3O4S/c30-22-7-9-25-27(16-22)39-29(32-25)34-11-10-33(23(17-34)19-37-18-20-4-2-1-3-5-20)12-13-38-26-14-21(15-28(35)36)6-8-24(26)31/h1-9,14,16,23H,10-13,15,17-19H2,(H,35,36). The highest BCUT2D eigenvalue weighted by atomic mass is 35.5. The summed E-state index contributed by atoms with van der Waals surface area (Å²) in [6.07, 6.45) is -0.0751. The number of hydrogen-bond donors (Lipinski definition) is 1. The summed E-state index contributed by atoms with van der Waals surface area (Å²) < 4.78 is 13.2. The van der Waals surface area contributed by atoms with E-state index in [1.807, 2.05) is 36.4 Å². The second-order valence-corrected chi connectivity index (χ2v) is 11.3. The molecule has 5 rings (SSSR count). The Hall–Kier alpha value is -2.88. The predicted octanol–water partition coefficient (Wildman–Crippen LogP) is 6.02. The third-order valence-electron chi connectivity index (χ3n) is 6.62. The topological polar surface area (TPSA) is 75.1 Å². The molecule has 0 spiro atoms. The van der Waals surface area contributed by atoms with Crippen LogP contribution in [-0.4, -0.2) is 66.4 Å². The Labute approximate surface area is 241 Å². The van der Waals surface area contributed by atoms with Crippen LogP contribution in [0.3, 0.4) is 0 Å². The second-order valence-electron chi connectivity index (χ2n) is 9.43. The van der Waals surface area contributed by atoms with Gasteiger partial charge in [0, 0.05) is 31.2 Å². The molecular formula is C29H29Cl2N3O4S. The SMILES string of the molecule is O=C(O)Cc1ccc(Cl)c(OCCN2CCN(c3nc4ccc(Cl)cc4s3)CC2COCc2ccccc2)c1. The Bertz CT molecular complexity index is 1420. The van der Waals surface area contributed by atoms with Crippen molar-refractivity contribution in [1.29, 1.82) is 0 Å². The summed E-state index contributed by atoms with van der Waals surface area (Å²) in [7, 11) is 0. The molecule has 1 atom stereocenters. The fourth-order valence-electron chi connectivity index (χ4n) is 4.64. The molecule has 204 valence electrons. The van der Waals surface area contributed by atoms with Gasteiger partial charge in [0.2, 0.25) is 0 Å². The molecule has 0 radical (unpaired) electrons. The molecule has 2 heterocycles. The van der Waals surface area contributed by atoms with Crippen molar-refractivity contribution in [1.82, 2.24) is 9.88 Å². The van der Waals surface area contributed by atoms with Crippen LogP contribution in [0.4, 0.5) is 5.13 Å². The van der Waals surface area contributed by atoms with Crippen molar-refractivity contribution in [3.63, 3.8) is 0 Å². The van der Waals surface area contributed by atoms with Crippen LogP contribution in [0.15, 0.2) is 66.7 Å². The Kier molecular flexibility index (Phi) is 9.21. The van der Waals surface area contributed by atoms with Crippen LogP contribution in [0.2, 0.25) is 10.0 Å². The smallest absolute Gasteiger partial charge is 0.307 e. The first-order valence-electron chi connectivity index (χ1n) is 12.7. The molecule has 4 aromatic rings. The van der Waals surface area contributed by atoms with Crippen molar-refractivity contribution >= 4 is 55.9 Å². The van der Waals surface area contributed by atoms with Crippen LogP contribution in [0.1, 0.15) is 11.1 Å². The second kappa shape index (κ2) is 13.0. The lowest BCUT2D eigenvalue weighted by Crippen LogP contribution is -2.56. The average molecular weight is 587 g/mol. The monoisotopic (exact) mass is 585 g/mol. The number of benzene rings is 3. The van der Waals surface area contributed by atoms with Crippen molar-refractivity contribution in [2.24, 2.45) is 0 Å². The summed E-state index contributed by atoms with van der Waals surface area (Å²) in [5.74, 6) is -0.394. The summed E-state index contributed by atoms with van der Waals surface area (Å²) in [5.41, 5.74) is 2.74. The summed E-state index contributed by atoms with van der Waals surface area (Å²) in [5, 5.41) is 11.3. The van der Waals surface area contributed by atoms with Gasteiger partial charge in [-0.2, -0.15) is 0 Å². The number of anilines is 1. The molecule has 7 nitrogen and oxygen atoms in total. The van der Waals surface area contributed by atoms with Gasteiger partial charge in [-0.05, 0) is 41.5 Å². The Balaban J connectivity index is 1.24. The van der Waals surface area contributed by atoms with Crippen molar-refractivity contribution in [2.45, 2.75) is 19.1 Å². The number of carboxylic acid groups (broad SMARTS) is 1. The number of halogens is 2. The molecule has 0 amide bonds. The lowest BCUT2D eigenvalue weighted by molar-refractivity contribution is -0.136. The highest BCUT2D eigenvalue weighted by Crippen LogP contribution is 2.32. The number of aromatic nitrogens is 1. The molecule has 0 bridgehead atoms. The van der Waals surface area contributed by atoms with E-state index >= 15 is 0 Å². The van der Waals surface area contributed by atoms with E-state index in [1.165, 1.54) is 0 Å². The van der Waals surface area contributed by atoms with Crippen LogP contribution >= 0.6 is 34.5 Å². The van der Waals surface area contributed by atoms with Crippen molar-refractivity contribution in [3.8, 4) is 5.75 Å². The summed E-state index contributed by atoms with van der Waals surface area (Å²) in [6, 6.07) is 21.2. The lowest BCUT2D eigenvalue weighted by atomic mass is 10.1. The number of hydrogen-bond acceptors (Lipinski definition) is 7. The molecule has 1 fully saturated rings. The van der Waals surface area contributed by atoms with Crippen molar-refractivity contribution in [2.75, 3.05) is 44.3 Å². The average Bonchev–Trinajstić information content (AvgIpc) is 3.35. The van der Waals surface area contributed by atoms with Crippen LogP contribution in [0, 0.1) is 0 Å². The van der Waals surface area contributed by atoms with Gasteiger partial charge in [-0.25, -0.2) is 4.98 Å². The number of carbonyl (C=O) groups is 1. The van der Waals surface area contributed by atoms with E-state index in [4.69, 9.17) is 42.8 Å². The van der Waals surface area contributed by atoms with Gasteiger partial charge in [-0.1, -0.05) is 70.9 Å². The van der Waals surface area contributed by atoms with Crippen molar-refractivity contribution < 1.29 is 19.4 Å². The molecule has 1 aliphatic heterocycles. The number of carboxylic acids is 1. The molecule has 39 heavy (non-hydrogen) atoms. The number of rotatable bonds is 11. The number of nitrogens with zero attached hydrogens (tertiary/aromatic N) is 3. The lowest BCUT2D eigenvalue weighted by Gasteiger charge is -2.41. The highest BCUT2D eigenvalue weighted by molar-refractivity contribution is 7.22. The number of aliphatic carboxylic acids is 1. The van der Waals surface area contributed by atoms with Gasteiger partial charge in [-0.3, -0.25) is 9.69 Å². The fourth-order valence-corrected chi connectivity index (χ4v) is 6.09. The summed E-state index contributed by atoms with van der Waals surface area (Å²) in [4.78, 5) is 20.6. The zero-order valence-electron chi connectivity index (χ0n) is 21.3. The van der Waals surface area contributed by atoms with E-state index < -0.39 is 5.97 Å². The third kappa shape index (κ3) is 7.41. The number of thiazole rings is 1. The number of piperazine rings is 1. The molecule has 1 saturated heterocycles. The molecule has 1 aromatic heterocycles. The summed E-state index contributed by atoms with van der Waals surface area (Å²) in [6.45, 7) is 4.65. The maximum Gasteiger partial charge on any atom is 0.307 e. The van der Waals surface area contributed by atoms with E-state index in [0.717, 1.165) is 40.5 Å². The van der Waals surface area contributed by atoms with Crippen molar-refractivity contribution in [3.05, 3.63) is 87.9 Å². The van der Waals surface area contributed by atoms with E-state index in [1.54, 1.807) is 29.5 Å². The van der Waals surface area contributed by atoms with Gasteiger partial charge in [0.15, 0.2) is 5.13 Å². The van der Waals surface area contributed by atoms with E-state index in [0.29, 0.717) is 47.7 Å². The first-order valence-corrected chi connectivity index (χ1v) is 14.3. The Morgan fingerprint density at radius 2 is 1.90 bits per heavy atom. The number of ether oxygens (including phenoxy) is 2. The quantitative estimate of drug-likeness (QED) is 0.231.